The molecule has 24 heavy (non-hydrogen) atoms. The van der Waals surface area contributed by atoms with Crippen molar-refractivity contribution in [1.29, 1.82) is 0 Å². The van der Waals surface area contributed by atoms with Gasteiger partial charge in [0.05, 0.1) is 5.41 Å². The Kier molecular flexibility index (Phi) is 10.4. The van der Waals surface area contributed by atoms with Gasteiger partial charge in [0.25, 0.3) is 0 Å². The molecule has 1 fully saturated rings. The van der Waals surface area contributed by atoms with Crippen molar-refractivity contribution in [3.05, 3.63) is 12.2 Å². The zero-order chi connectivity index (χ0) is 17.8. The number of unbranched alkanes of at least 4 members (excludes halogenated alkanes) is 6. The molecule has 1 rings (SSSR count). The second-order valence-corrected chi connectivity index (χ2v) is 8.42. The van der Waals surface area contributed by atoms with Gasteiger partial charge in [0, 0.05) is 0 Å². The van der Waals surface area contributed by atoms with Crippen molar-refractivity contribution < 1.29 is 9.90 Å². The molecule has 0 radical (unpaired) electrons. The fraction of sp³-hybridized carbons (Fsp3) is 0.864. The van der Waals surface area contributed by atoms with E-state index >= 15 is 0 Å². The van der Waals surface area contributed by atoms with E-state index in [1.54, 1.807) is 0 Å². The van der Waals surface area contributed by atoms with E-state index in [0.717, 1.165) is 24.7 Å². The SMILES string of the molecule is CCCCCCC=C[C@H]1CCC[C@@H]1CCCCCC(C)(C)C(=O)O. The zero-order valence-electron chi connectivity index (χ0n) is 16.4. The summed E-state index contributed by atoms with van der Waals surface area (Å²) in [6, 6.07) is 0. The molecular weight excluding hydrogens is 296 g/mol. The number of hydrogen-bond acceptors (Lipinski definition) is 1. The molecule has 1 aliphatic rings. The van der Waals surface area contributed by atoms with Crippen LogP contribution in [0, 0.1) is 17.3 Å². The summed E-state index contributed by atoms with van der Waals surface area (Å²) in [4.78, 5) is 11.1. The molecule has 0 amide bonds. The predicted molar refractivity (Wildman–Crippen MR) is 103 cm³/mol. The quantitative estimate of drug-likeness (QED) is 0.290. The molecule has 140 valence electrons. The minimum Gasteiger partial charge on any atom is -0.481 e. The molecule has 2 heteroatoms. The van der Waals surface area contributed by atoms with Crippen molar-refractivity contribution in [3.63, 3.8) is 0 Å². The Morgan fingerprint density at radius 3 is 2.54 bits per heavy atom. The largest absolute Gasteiger partial charge is 0.481 e. The normalized spacial score (nSPS) is 21.6. The first kappa shape index (κ1) is 21.3. The first-order valence-electron chi connectivity index (χ1n) is 10.4. The van der Waals surface area contributed by atoms with E-state index in [4.69, 9.17) is 5.11 Å². The van der Waals surface area contributed by atoms with Gasteiger partial charge in [0.15, 0.2) is 0 Å². The molecule has 2 nitrogen and oxygen atoms in total. The predicted octanol–water partition coefficient (Wildman–Crippen LogP) is 6.99. The van der Waals surface area contributed by atoms with Crippen LogP contribution < -0.4 is 0 Å². The molecule has 1 N–H and O–H groups in total. The van der Waals surface area contributed by atoms with E-state index < -0.39 is 11.4 Å². The molecule has 0 bridgehead atoms. The lowest BCUT2D eigenvalue weighted by Crippen LogP contribution is -2.23. The summed E-state index contributed by atoms with van der Waals surface area (Å²) in [5, 5.41) is 9.15. The third-order valence-corrected chi connectivity index (χ3v) is 5.78. The molecule has 0 aromatic heterocycles. The molecule has 2 atom stereocenters. The molecule has 0 heterocycles. The van der Waals surface area contributed by atoms with Crippen LogP contribution in [0.3, 0.4) is 0 Å². The van der Waals surface area contributed by atoms with Crippen LogP contribution in [0.5, 0.6) is 0 Å². The van der Waals surface area contributed by atoms with Crippen molar-refractivity contribution in [3.8, 4) is 0 Å². The summed E-state index contributed by atoms with van der Waals surface area (Å²) in [7, 11) is 0. The molecule has 0 unspecified atom stereocenters. The van der Waals surface area contributed by atoms with E-state index in [0.29, 0.717) is 0 Å². The lowest BCUT2D eigenvalue weighted by atomic mass is 9.86. The number of rotatable bonds is 13. The maximum Gasteiger partial charge on any atom is 0.309 e. The van der Waals surface area contributed by atoms with E-state index in [-0.39, 0.29) is 0 Å². The molecule has 0 aliphatic heterocycles. The van der Waals surface area contributed by atoms with E-state index in [1.807, 2.05) is 13.8 Å². The smallest absolute Gasteiger partial charge is 0.309 e. The van der Waals surface area contributed by atoms with Gasteiger partial charge in [-0.3, -0.25) is 4.79 Å². The minimum absolute atomic E-state index is 0.559. The number of carboxylic acid groups (broad SMARTS) is 1. The van der Waals surface area contributed by atoms with Gasteiger partial charge in [-0.2, -0.15) is 0 Å². The fourth-order valence-electron chi connectivity index (χ4n) is 3.89. The molecule has 0 aromatic rings. The molecule has 0 aromatic carbocycles. The third kappa shape index (κ3) is 8.35. The van der Waals surface area contributed by atoms with Crippen molar-refractivity contribution in [1.82, 2.24) is 0 Å². The number of aliphatic carboxylic acids is 1. The van der Waals surface area contributed by atoms with Gasteiger partial charge in [-0.05, 0) is 64.2 Å². The molecular formula is C22H40O2. The highest BCUT2D eigenvalue weighted by atomic mass is 16.4. The van der Waals surface area contributed by atoms with Crippen LogP contribution in [0.4, 0.5) is 0 Å². The Hall–Kier alpha value is -0.790. The molecule has 0 spiro atoms. The molecule has 1 saturated carbocycles. The van der Waals surface area contributed by atoms with Crippen LogP contribution in [0.15, 0.2) is 12.2 Å². The topological polar surface area (TPSA) is 37.3 Å². The van der Waals surface area contributed by atoms with E-state index in [2.05, 4.69) is 19.1 Å². The fourth-order valence-corrected chi connectivity index (χ4v) is 3.89. The van der Waals surface area contributed by atoms with Crippen LogP contribution in [-0.2, 0) is 4.79 Å². The summed E-state index contributed by atoms with van der Waals surface area (Å²) in [5.41, 5.74) is -0.559. The number of allylic oxidation sites excluding steroid dienone is 2. The van der Waals surface area contributed by atoms with Crippen molar-refractivity contribution in [2.45, 2.75) is 104 Å². The Bertz CT molecular complexity index is 370. The Labute approximate surface area is 150 Å². The lowest BCUT2D eigenvalue weighted by molar-refractivity contribution is -0.147. The summed E-state index contributed by atoms with van der Waals surface area (Å²) in [5.74, 6) is 1.03. The van der Waals surface area contributed by atoms with Crippen LogP contribution in [0.1, 0.15) is 104 Å². The summed E-state index contributed by atoms with van der Waals surface area (Å²) in [6.07, 6.45) is 21.4. The average Bonchev–Trinajstić information content (AvgIpc) is 2.97. The maximum absolute atomic E-state index is 11.1. The standard InChI is InChI=1S/C22H40O2/c1-4-5-6-7-8-10-14-19-16-13-17-20(19)15-11-9-12-18-22(2,3)21(23)24/h10,14,19-20H,4-9,11-13,15-18H2,1-3H3,(H,23,24)/t19-,20-/m0/s1. The highest BCUT2D eigenvalue weighted by molar-refractivity contribution is 5.73. The minimum atomic E-state index is -0.664. The van der Waals surface area contributed by atoms with Crippen LogP contribution >= 0.6 is 0 Å². The second kappa shape index (κ2) is 11.7. The Balaban J connectivity index is 2.15. The zero-order valence-corrected chi connectivity index (χ0v) is 16.4. The van der Waals surface area contributed by atoms with Gasteiger partial charge in [0.2, 0.25) is 0 Å². The van der Waals surface area contributed by atoms with Crippen LogP contribution in [0.25, 0.3) is 0 Å². The Morgan fingerprint density at radius 1 is 1.08 bits per heavy atom. The third-order valence-electron chi connectivity index (χ3n) is 5.78. The van der Waals surface area contributed by atoms with Gasteiger partial charge in [0.1, 0.15) is 0 Å². The van der Waals surface area contributed by atoms with Crippen molar-refractivity contribution in [2.75, 3.05) is 0 Å². The average molecular weight is 337 g/mol. The van der Waals surface area contributed by atoms with Gasteiger partial charge in [-0.25, -0.2) is 0 Å². The monoisotopic (exact) mass is 336 g/mol. The van der Waals surface area contributed by atoms with Crippen LogP contribution in [0.2, 0.25) is 0 Å². The van der Waals surface area contributed by atoms with Gasteiger partial charge in [-0.15, -0.1) is 0 Å². The van der Waals surface area contributed by atoms with Crippen LogP contribution in [-0.4, -0.2) is 11.1 Å². The molecule has 0 saturated heterocycles. The Morgan fingerprint density at radius 2 is 1.83 bits per heavy atom. The van der Waals surface area contributed by atoms with E-state index in [1.165, 1.54) is 70.6 Å². The van der Waals surface area contributed by atoms with Gasteiger partial charge >= 0.3 is 5.97 Å². The number of carbonyl (C=O) groups is 1. The first-order valence-corrected chi connectivity index (χ1v) is 10.4. The van der Waals surface area contributed by atoms with Crippen molar-refractivity contribution >= 4 is 5.97 Å². The lowest BCUT2D eigenvalue weighted by Gasteiger charge is -2.19. The summed E-state index contributed by atoms with van der Waals surface area (Å²) in [6.45, 7) is 5.95. The van der Waals surface area contributed by atoms with Gasteiger partial charge < -0.3 is 5.11 Å². The first-order chi connectivity index (χ1) is 11.5. The van der Waals surface area contributed by atoms with Gasteiger partial charge in [-0.1, -0.05) is 64.0 Å². The second-order valence-electron chi connectivity index (χ2n) is 8.42. The number of carboxylic acids is 1. The molecule has 1 aliphatic carbocycles. The van der Waals surface area contributed by atoms with E-state index in [9.17, 15) is 4.79 Å². The summed E-state index contributed by atoms with van der Waals surface area (Å²) >= 11 is 0. The number of hydrogen-bond donors (Lipinski definition) is 1. The van der Waals surface area contributed by atoms with Crippen molar-refractivity contribution in [2.24, 2.45) is 17.3 Å². The highest BCUT2D eigenvalue weighted by Crippen LogP contribution is 2.36. The highest BCUT2D eigenvalue weighted by Gasteiger charge is 2.27. The summed E-state index contributed by atoms with van der Waals surface area (Å²) < 4.78 is 0. The maximum atomic E-state index is 11.1.